The van der Waals surface area contributed by atoms with E-state index in [0.717, 1.165) is 12.7 Å². The van der Waals surface area contributed by atoms with Gasteiger partial charge in [-0.15, -0.1) is 0 Å². The number of nitrogens with one attached hydrogen (secondary N) is 2. The van der Waals surface area contributed by atoms with Crippen molar-refractivity contribution in [1.29, 1.82) is 0 Å². The lowest BCUT2D eigenvalue weighted by Gasteiger charge is -2.22. The highest BCUT2D eigenvalue weighted by atomic mass is 31.3. The van der Waals surface area contributed by atoms with Gasteiger partial charge in [0.05, 0.1) is 19.3 Å². The number of rotatable bonds is 9. The van der Waals surface area contributed by atoms with Crippen LogP contribution in [0, 0.1) is 0 Å². The van der Waals surface area contributed by atoms with E-state index in [1.807, 2.05) is 0 Å². The Labute approximate surface area is 183 Å². The number of aliphatic hydroxyl groups excluding tert-OH is 1. The molecule has 8 N–H and O–H groups in total. The lowest BCUT2D eigenvalue weighted by atomic mass is 10.1. The predicted octanol–water partition coefficient (Wildman–Crippen LogP) is -2.34. The van der Waals surface area contributed by atoms with Crippen molar-refractivity contribution in [3.63, 3.8) is 0 Å². The zero-order valence-electron chi connectivity index (χ0n) is 16.5. The Kier molecular flexibility index (Phi) is 7.65. The van der Waals surface area contributed by atoms with Gasteiger partial charge in [0.2, 0.25) is 0 Å². The van der Waals surface area contributed by atoms with Gasteiger partial charge in [-0.3, -0.25) is 13.9 Å². The van der Waals surface area contributed by atoms with Crippen molar-refractivity contribution in [2.45, 2.75) is 24.5 Å². The molecule has 20 heteroatoms. The molecule has 5 atom stereocenters. The van der Waals surface area contributed by atoms with Gasteiger partial charge in [-0.25, -0.2) is 23.9 Å². The number of nitrogens with zero attached hydrogens (tertiary/aromatic N) is 3. The normalized spacial score (nSPS) is 25.1. The van der Waals surface area contributed by atoms with Crippen molar-refractivity contribution in [3.05, 3.63) is 23.0 Å². The lowest BCUT2D eigenvalue weighted by Crippen LogP contribution is -2.40. The van der Waals surface area contributed by atoms with Crippen LogP contribution in [0.25, 0.3) is 11.2 Å². The second-order valence-corrected chi connectivity index (χ2v) is 9.36. The van der Waals surface area contributed by atoms with Crippen LogP contribution in [0.4, 0.5) is 4.79 Å². The van der Waals surface area contributed by atoms with Crippen LogP contribution in [-0.4, -0.2) is 83.4 Å². The molecule has 0 aromatic carbocycles. The summed E-state index contributed by atoms with van der Waals surface area (Å²) >= 11 is 0. The number of amides is 1. The number of ether oxygens (including phenoxy) is 2. The molecule has 0 aliphatic carbocycles. The number of nitrogens with two attached hydrogens (primary N) is 1. The van der Waals surface area contributed by atoms with E-state index in [2.05, 4.69) is 29.1 Å². The molecule has 1 aliphatic rings. The van der Waals surface area contributed by atoms with Gasteiger partial charge in [0, 0.05) is 13.1 Å². The number of imidazole rings is 1. The summed E-state index contributed by atoms with van der Waals surface area (Å²) in [7, 11) is -10.6. The van der Waals surface area contributed by atoms with Crippen molar-refractivity contribution in [3.8, 4) is 0 Å². The molecule has 33 heavy (non-hydrogen) atoms. The first-order valence-corrected chi connectivity index (χ1v) is 12.1. The van der Waals surface area contributed by atoms with Gasteiger partial charge in [0.25, 0.3) is 5.56 Å². The molecular weight excluding hydrogens is 494 g/mol. The molecule has 0 radical (unpaired) electrons. The maximum atomic E-state index is 12.0. The van der Waals surface area contributed by atoms with Crippen molar-refractivity contribution in [2.75, 3.05) is 19.7 Å². The molecule has 3 rings (SSSR count). The molecule has 0 spiro atoms. The SMILES string of the molecule is NCCNC(=O)O[C@@H]1[C@H](O)[C@@H](COP(=O)(O)OP(=O)(O)O)O[C@H]1n1cnc2c(=O)[nH]cnc21. The quantitative estimate of drug-likeness (QED) is 0.173. The zero-order valence-corrected chi connectivity index (χ0v) is 18.2. The van der Waals surface area contributed by atoms with E-state index in [-0.39, 0.29) is 24.3 Å². The summed E-state index contributed by atoms with van der Waals surface area (Å²) in [5.41, 5.74) is 4.65. The first-order chi connectivity index (χ1) is 15.4. The molecule has 2 aromatic rings. The average molecular weight is 514 g/mol. The number of aromatic amines is 1. The van der Waals surface area contributed by atoms with Gasteiger partial charge < -0.3 is 45.3 Å². The summed E-state index contributed by atoms with van der Waals surface area (Å²) < 4.78 is 42.6. The number of hydrogen-bond acceptors (Lipinski definition) is 12. The average Bonchev–Trinajstić information content (AvgIpc) is 3.26. The van der Waals surface area contributed by atoms with Crippen LogP contribution in [0.3, 0.4) is 0 Å². The second-order valence-electron chi connectivity index (χ2n) is 6.53. The Bertz CT molecular complexity index is 1150. The Morgan fingerprint density at radius 3 is 2.73 bits per heavy atom. The summed E-state index contributed by atoms with van der Waals surface area (Å²) in [5.74, 6) is 0. The fraction of sp³-hybridized carbons (Fsp3) is 0.538. The third kappa shape index (κ3) is 6.21. The molecule has 1 unspecified atom stereocenters. The van der Waals surface area contributed by atoms with E-state index in [1.54, 1.807) is 0 Å². The Hall–Kier alpha value is -2.24. The van der Waals surface area contributed by atoms with E-state index < -0.39 is 58.4 Å². The third-order valence-electron chi connectivity index (χ3n) is 4.22. The van der Waals surface area contributed by atoms with Crippen LogP contribution < -0.4 is 16.6 Å². The molecule has 1 fully saturated rings. The molecule has 1 aliphatic heterocycles. The van der Waals surface area contributed by atoms with Crippen LogP contribution in [0.1, 0.15) is 6.23 Å². The van der Waals surface area contributed by atoms with Crippen LogP contribution in [0.15, 0.2) is 17.4 Å². The van der Waals surface area contributed by atoms with Gasteiger partial charge in [-0.1, -0.05) is 0 Å². The molecular formula is C13H20N6O12P2. The monoisotopic (exact) mass is 514 g/mol. The number of fused-ring (bicyclic) bond motifs is 1. The van der Waals surface area contributed by atoms with E-state index >= 15 is 0 Å². The first-order valence-electron chi connectivity index (χ1n) is 9.04. The van der Waals surface area contributed by atoms with Gasteiger partial charge >= 0.3 is 21.7 Å². The minimum Gasteiger partial charge on any atom is -0.439 e. The number of alkyl carbamates (subject to hydrolysis) is 1. The van der Waals surface area contributed by atoms with Crippen molar-refractivity contribution >= 4 is 32.9 Å². The fourth-order valence-corrected chi connectivity index (χ4v) is 4.52. The predicted molar refractivity (Wildman–Crippen MR) is 104 cm³/mol. The van der Waals surface area contributed by atoms with E-state index in [4.69, 9.17) is 25.0 Å². The Morgan fingerprint density at radius 1 is 1.33 bits per heavy atom. The number of phosphoric acid groups is 2. The van der Waals surface area contributed by atoms with Gasteiger partial charge in [0.15, 0.2) is 23.5 Å². The zero-order chi connectivity index (χ0) is 24.4. The van der Waals surface area contributed by atoms with Crippen LogP contribution in [0.5, 0.6) is 0 Å². The fourth-order valence-electron chi connectivity index (χ4n) is 2.92. The minimum absolute atomic E-state index is 0.00569. The topological polar surface area (TPSA) is 271 Å². The highest BCUT2D eigenvalue weighted by molar-refractivity contribution is 7.60. The number of phosphoric ester groups is 1. The highest BCUT2D eigenvalue weighted by Crippen LogP contribution is 2.57. The number of aliphatic hydroxyl groups is 1. The third-order valence-corrected chi connectivity index (χ3v) is 6.37. The highest BCUT2D eigenvalue weighted by Gasteiger charge is 2.49. The summed E-state index contributed by atoms with van der Waals surface area (Å²) in [6.45, 7) is -0.753. The summed E-state index contributed by atoms with van der Waals surface area (Å²) in [6, 6.07) is 0. The smallest absolute Gasteiger partial charge is 0.439 e. The van der Waals surface area contributed by atoms with E-state index in [1.165, 1.54) is 4.57 Å². The van der Waals surface area contributed by atoms with Crippen molar-refractivity contribution in [1.82, 2.24) is 24.8 Å². The van der Waals surface area contributed by atoms with Gasteiger partial charge in [-0.05, 0) is 0 Å². The summed E-state index contributed by atoms with van der Waals surface area (Å²) in [5, 5.41) is 12.9. The molecule has 0 bridgehead atoms. The number of carbonyl (C=O) groups is 1. The van der Waals surface area contributed by atoms with Crippen molar-refractivity contribution in [2.24, 2.45) is 5.73 Å². The van der Waals surface area contributed by atoms with Gasteiger partial charge in [0.1, 0.15) is 12.2 Å². The Balaban J connectivity index is 1.85. The molecule has 1 amide bonds. The molecule has 184 valence electrons. The standard InChI is InChI=1S/C13H20N6O12P2/c14-1-2-15-13(22)30-9-8(20)6(3-28-33(26,27)31-32(23,24)25)29-12(9)19-5-18-7-10(19)16-4-17-11(7)21/h4-6,8-9,12,20H,1-3,14H2,(H,15,22)(H,26,27)(H,16,17,21)(H2,23,24,25)/t6-,8-,9-,12-/m1/s1. The van der Waals surface area contributed by atoms with E-state index in [9.17, 15) is 28.7 Å². The molecule has 1 saturated heterocycles. The Morgan fingerprint density at radius 2 is 2.06 bits per heavy atom. The summed E-state index contributed by atoms with van der Waals surface area (Å²) in [6.07, 6.45) is -4.69. The number of hydrogen-bond donors (Lipinski definition) is 7. The van der Waals surface area contributed by atoms with Crippen molar-refractivity contribution < 1.29 is 52.0 Å². The lowest BCUT2D eigenvalue weighted by molar-refractivity contribution is -0.0522. The maximum Gasteiger partial charge on any atom is 0.481 e. The molecule has 3 heterocycles. The number of H-pyrrole nitrogens is 1. The van der Waals surface area contributed by atoms with Crippen LogP contribution >= 0.6 is 15.6 Å². The maximum absolute atomic E-state index is 12.0. The van der Waals surface area contributed by atoms with Crippen LogP contribution in [0.2, 0.25) is 0 Å². The number of carbonyl (C=O) groups excluding carboxylic acids is 1. The molecule has 0 saturated carbocycles. The van der Waals surface area contributed by atoms with Gasteiger partial charge in [-0.2, -0.15) is 4.31 Å². The largest absolute Gasteiger partial charge is 0.481 e. The molecule has 18 nitrogen and oxygen atoms in total. The van der Waals surface area contributed by atoms with Crippen LogP contribution in [-0.2, 0) is 27.4 Å². The summed E-state index contributed by atoms with van der Waals surface area (Å²) in [4.78, 5) is 60.9. The minimum atomic E-state index is -5.37. The second kappa shape index (κ2) is 9.94. The first kappa shape index (κ1) is 25.4. The molecule has 2 aromatic heterocycles. The number of aromatic nitrogens is 4. The van der Waals surface area contributed by atoms with E-state index in [0.29, 0.717) is 0 Å².